The number of furan rings is 1. The van der Waals surface area contributed by atoms with Crippen molar-refractivity contribution in [3.8, 4) is 0 Å². The fraction of sp³-hybridized carbons (Fsp3) is 0.417. The van der Waals surface area contributed by atoms with Crippen LogP contribution < -0.4 is 4.90 Å². The van der Waals surface area contributed by atoms with Gasteiger partial charge in [-0.3, -0.25) is 0 Å². The van der Waals surface area contributed by atoms with Gasteiger partial charge in [0, 0.05) is 24.6 Å². The second-order valence-corrected chi connectivity index (χ2v) is 4.71. The number of aromatic nitrogens is 1. The van der Waals surface area contributed by atoms with E-state index in [9.17, 15) is 0 Å². The van der Waals surface area contributed by atoms with Crippen LogP contribution in [0.5, 0.6) is 0 Å². The summed E-state index contributed by atoms with van der Waals surface area (Å²) in [6, 6.07) is 3.86. The van der Waals surface area contributed by atoms with E-state index in [0.717, 1.165) is 41.8 Å². The molecule has 1 atom stereocenters. The van der Waals surface area contributed by atoms with E-state index >= 15 is 0 Å². The van der Waals surface area contributed by atoms with Crippen molar-refractivity contribution in [1.82, 2.24) is 4.98 Å². The highest BCUT2D eigenvalue weighted by Gasteiger charge is 2.22. The zero-order valence-electron chi connectivity index (χ0n) is 9.30. The summed E-state index contributed by atoms with van der Waals surface area (Å²) in [5, 5.41) is 1.92. The molecule has 5 heteroatoms. The van der Waals surface area contributed by atoms with Crippen LogP contribution in [0.2, 0.25) is 0 Å². The summed E-state index contributed by atoms with van der Waals surface area (Å²) in [7, 11) is 0. The van der Waals surface area contributed by atoms with Crippen LogP contribution in [0.25, 0.3) is 11.0 Å². The van der Waals surface area contributed by atoms with E-state index in [4.69, 9.17) is 9.15 Å². The molecule has 0 radical (unpaired) electrons. The Balaban J connectivity index is 1.94. The zero-order chi connectivity index (χ0) is 11.7. The molecule has 90 valence electrons. The van der Waals surface area contributed by atoms with Gasteiger partial charge in [0.05, 0.1) is 24.4 Å². The van der Waals surface area contributed by atoms with Crippen LogP contribution in [-0.2, 0) is 4.74 Å². The molecule has 2 aromatic heterocycles. The molecular formula is C12H13BrN2O2. The molecule has 4 nitrogen and oxygen atoms in total. The minimum atomic E-state index is 0.229. The van der Waals surface area contributed by atoms with Crippen molar-refractivity contribution in [2.24, 2.45) is 0 Å². The lowest BCUT2D eigenvalue weighted by Gasteiger charge is -2.33. The van der Waals surface area contributed by atoms with E-state index in [-0.39, 0.29) is 6.10 Å². The maximum absolute atomic E-state index is 5.63. The molecular weight excluding hydrogens is 284 g/mol. The molecule has 0 spiro atoms. The van der Waals surface area contributed by atoms with Crippen LogP contribution in [-0.4, -0.2) is 36.1 Å². The van der Waals surface area contributed by atoms with Crippen LogP contribution in [0.15, 0.2) is 29.0 Å². The molecule has 1 fully saturated rings. The molecule has 0 aliphatic carbocycles. The van der Waals surface area contributed by atoms with Crippen LogP contribution in [0.4, 0.5) is 5.82 Å². The molecule has 3 heterocycles. The van der Waals surface area contributed by atoms with Gasteiger partial charge in [-0.15, -0.1) is 0 Å². The molecule has 1 unspecified atom stereocenters. The number of hydrogen-bond donors (Lipinski definition) is 0. The van der Waals surface area contributed by atoms with Gasteiger partial charge in [0.1, 0.15) is 11.4 Å². The van der Waals surface area contributed by atoms with Crippen molar-refractivity contribution in [2.45, 2.75) is 6.10 Å². The molecule has 0 aromatic carbocycles. The van der Waals surface area contributed by atoms with Gasteiger partial charge < -0.3 is 14.1 Å². The number of hydrogen-bond acceptors (Lipinski definition) is 4. The van der Waals surface area contributed by atoms with Crippen molar-refractivity contribution in [2.75, 3.05) is 29.9 Å². The van der Waals surface area contributed by atoms with Crippen LogP contribution in [0.1, 0.15) is 0 Å². The molecule has 17 heavy (non-hydrogen) atoms. The number of alkyl halides is 1. The third-order valence-electron chi connectivity index (χ3n) is 2.97. The summed E-state index contributed by atoms with van der Waals surface area (Å²) >= 11 is 3.46. The van der Waals surface area contributed by atoms with Crippen molar-refractivity contribution in [3.63, 3.8) is 0 Å². The fourth-order valence-corrected chi connectivity index (χ4v) is 2.53. The van der Waals surface area contributed by atoms with Gasteiger partial charge in [-0.05, 0) is 12.1 Å². The Morgan fingerprint density at radius 1 is 1.47 bits per heavy atom. The number of ether oxygens (including phenoxy) is 1. The van der Waals surface area contributed by atoms with Crippen molar-refractivity contribution in [1.29, 1.82) is 0 Å². The Bertz CT molecular complexity index is 514. The maximum atomic E-state index is 5.63. The minimum absolute atomic E-state index is 0.229. The molecule has 0 N–H and O–H groups in total. The third kappa shape index (κ3) is 2.05. The second kappa shape index (κ2) is 4.66. The molecule has 1 aliphatic heterocycles. The Morgan fingerprint density at radius 2 is 2.41 bits per heavy atom. The van der Waals surface area contributed by atoms with Gasteiger partial charge >= 0.3 is 0 Å². The number of halogens is 1. The second-order valence-electron chi connectivity index (χ2n) is 4.06. The highest BCUT2D eigenvalue weighted by atomic mass is 79.9. The minimum Gasteiger partial charge on any atom is -0.464 e. The van der Waals surface area contributed by atoms with Gasteiger partial charge in [-0.1, -0.05) is 15.9 Å². The van der Waals surface area contributed by atoms with Crippen molar-refractivity contribution >= 4 is 32.7 Å². The number of nitrogens with zero attached hydrogens (tertiary/aromatic N) is 2. The van der Waals surface area contributed by atoms with E-state index in [1.165, 1.54) is 0 Å². The predicted octanol–water partition coefficient (Wildman–Crippen LogP) is 2.43. The normalized spacial score (nSPS) is 21.0. The van der Waals surface area contributed by atoms with Gasteiger partial charge in [0.15, 0.2) is 0 Å². The topological polar surface area (TPSA) is 38.5 Å². The average Bonchev–Trinajstić information content (AvgIpc) is 2.87. The van der Waals surface area contributed by atoms with Gasteiger partial charge in [-0.25, -0.2) is 4.98 Å². The van der Waals surface area contributed by atoms with E-state index in [1.807, 2.05) is 12.1 Å². The fourth-order valence-electron chi connectivity index (χ4n) is 2.14. The molecule has 1 saturated heterocycles. The number of pyridine rings is 1. The summed E-state index contributed by atoms with van der Waals surface area (Å²) in [6.45, 7) is 2.48. The first-order chi connectivity index (χ1) is 8.38. The number of fused-ring (bicyclic) bond motifs is 1. The first kappa shape index (κ1) is 11.0. The lowest BCUT2D eigenvalue weighted by Crippen LogP contribution is -2.43. The first-order valence-corrected chi connectivity index (χ1v) is 6.75. The largest absolute Gasteiger partial charge is 0.464 e. The van der Waals surface area contributed by atoms with Gasteiger partial charge in [-0.2, -0.15) is 0 Å². The Labute approximate surface area is 108 Å². The summed E-state index contributed by atoms with van der Waals surface area (Å²) in [5.74, 6) is 0.991. The maximum Gasteiger partial charge on any atom is 0.139 e. The van der Waals surface area contributed by atoms with E-state index in [2.05, 4.69) is 25.8 Å². The lowest BCUT2D eigenvalue weighted by molar-refractivity contribution is 0.0569. The summed E-state index contributed by atoms with van der Waals surface area (Å²) in [5.41, 5.74) is 0.886. The average molecular weight is 297 g/mol. The summed E-state index contributed by atoms with van der Waals surface area (Å²) in [4.78, 5) is 6.72. The number of morpholine rings is 1. The number of anilines is 1. The smallest absolute Gasteiger partial charge is 0.139 e. The quantitative estimate of drug-likeness (QED) is 0.798. The molecule has 1 aliphatic rings. The molecule has 3 rings (SSSR count). The Kier molecular flexibility index (Phi) is 3.03. The van der Waals surface area contributed by atoms with Crippen LogP contribution in [0, 0.1) is 0 Å². The van der Waals surface area contributed by atoms with Crippen molar-refractivity contribution < 1.29 is 9.15 Å². The summed E-state index contributed by atoms with van der Waals surface area (Å²) in [6.07, 6.45) is 3.73. The van der Waals surface area contributed by atoms with E-state index < -0.39 is 0 Å². The Morgan fingerprint density at radius 3 is 3.29 bits per heavy atom. The van der Waals surface area contributed by atoms with E-state index in [0.29, 0.717) is 0 Å². The summed E-state index contributed by atoms with van der Waals surface area (Å²) < 4.78 is 11.0. The highest BCUT2D eigenvalue weighted by Crippen LogP contribution is 2.26. The third-order valence-corrected chi connectivity index (χ3v) is 3.69. The molecule has 2 aromatic rings. The molecule has 0 bridgehead atoms. The first-order valence-electron chi connectivity index (χ1n) is 5.63. The number of rotatable bonds is 2. The van der Waals surface area contributed by atoms with Crippen molar-refractivity contribution in [3.05, 3.63) is 24.6 Å². The van der Waals surface area contributed by atoms with Crippen LogP contribution >= 0.6 is 15.9 Å². The standard InChI is InChI=1S/C12H13BrN2O2/c13-7-9-8-15(4-6-16-9)12-10-2-5-17-11(10)1-3-14-12/h1-3,5,9H,4,6-8H2. The van der Waals surface area contributed by atoms with E-state index in [1.54, 1.807) is 12.5 Å². The monoisotopic (exact) mass is 296 g/mol. The highest BCUT2D eigenvalue weighted by molar-refractivity contribution is 9.09. The lowest BCUT2D eigenvalue weighted by atomic mass is 10.2. The SMILES string of the molecule is BrCC1CN(c2nccc3occc23)CCO1. The Hall–Kier alpha value is -1.07. The van der Waals surface area contributed by atoms with Gasteiger partial charge in [0.25, 0.3) is 0 Å². The van der Waals surface area contributed by atoms with Crippen LogP contribution in [0.3, 0.4) is 0 Å². The molecule has 0 amide bonds. The predicted molar refractivity (Wildman–Crippen MR) is 69.8 cm³/mol. The van der Waals surface area contributed by atoms with Gasteiger partial charge in [0.2, 0.25) is 0 Å². The zero-order valence-corrected chi connectivity index (χ0v) is 10.9. The molecule has 0 saturated carbocycles.